The van der Waals surface area contributed by atoms with Gasteiger partial charge in [-0.2, -0.15) is 0 Å². The molecular weight excluding hydrogens is 201 g/mol. The summed E-state index contributed by atoms with van der Waals surface area (Å²) in [6, 6.07) is 11.5. The standard InChI is InChI=1S/C11H7ClFN/c12-11-3-1-2-10(14-11)8-4-6-9(13)7-5-8/h1-7H. The number of nitrogens with zero attached hydrogens (tertiary/aromatic N) is 1. The van der Waals surface area contributed by atoms with Crippen LogP contribution in [0.25, 0.3) is 11.3 Å². The lowest BCUT2D eigenvalue weighted by Gasteiger charge is -2.00. The van der Waals surface area contributed by atoms with Crippen LogP contribution in [0.15, 0.2) is 42.5 Å². The molecule has 1 nitrogen and oxygen atoms in total. The predicted octanol–water partition coefficient (Wildman–Crippen LogP) is 3.54. The van der Waals surface area contributed by atoms with Gasteiger partial charge in [0, 0.05) is 5.56 Å². The highest BCUT2D eigenvalue weighted by Gasteiger charge is 1.99. The van der Waals surface area contributed by atoms with Gasteiger partial charge in [0.15, 0.2) is 0 Å². The quantitative estimate of drug-likeness (QED) is 0.652. The van der Waals surface area contributed by atoms with Crippen molar-refractivity contribution in [2.75, 3.05) is 0 Å². The van der Waals surface area contributed by atoms with E-state index in [2.05, 4.69) is 4.98 Å². The van der Waals surface area contributed by atoms with Crippen molar-refractivity contribution < 1.29 is 4.39 Å². The topological polar surface area (TPSA) is 12.9 Å². The molecule has 0 atom stereocenters. The summed E-state index contributed by atoms with van der Waals surface area (Å²) in [6.07, 6.45) is 0. The predicted molar refractivity (Wildman–Crippen MR) is 54.6 cm³/mol. The molecule has 1 heterocycles. The lowest BCUT2D eigenvalue weighted by atomic mass is 10.1. The van der Waals surface area contributed by atoms with Gasteiger partial charge in [-0.25, -0.2) is 9.37 Å². The molecule has 0 saturated heterocycles. The summed E-state index contributed by atoms with van der Waals surface area (Å²) in [5, 5.41) is 0.437. The molecule has 1 aromatic carbocycles. The maximum absolute atomic E-state index is 12.6. The van der Waals surface area contributed by atoms with E-state index in [1.807, 2.05) is 12.1 Å². The first-order valence-electron chi connectivity index (χ1n) is 4.14. The smallest absolute Gasteiger partial charge is 0.129 e. The van der Waals surface area contributed by atoms with Crippen molar-refractivity contribution in [1.82, 2.24) is 4.98 Å². The van der Waals surface area contributed by atoms with Gasteiger partial charge in [-0.1, -0.05) is 17.7 Å². The molecule has 2 rings (SSSR count). The van der Waals surface area contributed by atoms with E-state index >= 15 is 0 Å². The fourth-order valence-corrected chi connectivity index (χ4v) is 1.35. The molecule has 70 valence electrons. The average molecular weight is 208 g/mol. The molecule has 0 aliphatic heterocycles. The van der Waals surface area contributed by atoms with Crippen molar-refractivity contribution in [2.24, 2.45) is 0 Å². The maximum Gasteiger partial charge on any atom is 0.129 e. The number of benzene rings is 1. The van der Waals surface area contributed by atoms with E-state index in [4.69, 9.17) is 11.6 Å². The molecule has 0 aliphatic carbocycles. The Kier molecular flexibility index (Phi) is 2.46. The highest BCUT2D eigenvalue weighted by Crippen LogP contribution is 2.18. The third-order valence-corrected chi connectivity index (χ3v) is 2.07. The van der Waals surface area contributed by atoms with Gasteiger partial charge in [0.25, 0.3) is 0 Å². The van der Waals surface area contributed by atoms with Crippen molar-refractivity contribution in [1.29, 1.82) is 0 Å². The van der Waals surface area contributed by atoms with Gasteiger partial charge < -0.3 is 0 Å². The minimum Gasteiger partial charge on any atom is -0.236 e. The maximum atomic E-state index is 12.6. The van der Waals surface area contributed by atoms with Crippen LogP contribution in [0.3, 0.4) is 0 Å². The minimum atomic E-state index is -0.254. The lowest BCUT2D eigenvalue weighted by molar-refractivity contribution is 0.628. The third-order valence-electron chi connectivity index (χ3n) is 1.86. The van der Waals surface area contributed by atoms with E-state index in [-0.39, 0.29) is 5.82 Å². The van der Waals surface area contributed by atoms with Crippen LogP contribution >= 0.6 is 11.6 Å². The Morgan fingerprint density at radius 3 is 2.36 bits per heavy atom. The second kappa shape index (κ2) is 3.76. The Bertz CT molecular complexity index is 439. The van der Waals surface area contributed by atoms with E-state index in [9.17, 15) is 4.39 Å². The molecule has 1 aromatic heterocycles. The highest BCUT2D eigenvalue weighted by molar-refractivity contribution is 6.29. The second-order valence-electron chi connectivity index (χ2n) is 2.85. The Labute approximate surface area is 86.2 Å². The average Bonchev–Trinajstić information content (AvgIpc) is 2.19. The Hall–Kier alpha value is -1.41. The molecule has 0 radical (unpaired) electrons. The van der Waals surface area contributed by atoms with Gasteiger partial charge in [-0.05, 0) is 36.4 Å². The van der Waals surface area contributed by atoms with Crippen molar-refractivity contribution >= 4 is 11.6 Å². The summed E-state index contributed by atoms with van der Waals surface area (Å²) < 4.78 is 12.6. The number of pyridine rings is 1. The molecule has 0 amide bonds. The zero-order chi connectivity index (χ0) is 9.97. The summed E-state index contributed by atoms with van der Waals surface area (Å²) in [7, 11) is 0. The molecule has 0 aliphatic rings. The van der Waals surface area contributed by atoms with Gasteiger partial charge in [-0.15, -0.1) is 0 Å². The van der Waals surface area contributed by atoms with E-state index < -0.39 is 0 Å². The summed E-state index contributed by atoms with van der Waals surface area (Å²) in [6.45, 7) is 0. The molecule has 0 spiro atoms. The zero-order valence-electron chi connectivity index (χ0n) is 7.24. The van der Waals surface area contributed by atoms with Crippen LogP contribution in [-0.2, 0) is 0 Å². The molecule has 0 fully saturated rings. The fraction of sp³-hybridized carbons (Fsp3) is 0. The van der Waals surface area contributed by atoms with Gasteiger partial charge in [-0.3, -0.25) is 0 Å². The Morgan fingerprint density at radius 2 is 1.71 bits per heavy atom. The monoisotopic (exact) mass is 207 g/mol. The number of hydrogen-bond acceptors (Lipinski definition) is 1. The van der Waals surface area contributed by atoms with E-state index in [0.717, 1.165) is 11.3 Å². The van der Waals surface area contributed by atoms with Crippen LogP contribution in [0.1, 0.15) is 0 Å². The van der Waals surface area contributed by atoms with Gasteiger partial charge in [0.05, 0.1) is 5.69 Å². The summed E-state index contributed by atoms with van der Waals surface area (Å²) in [4.78, 5) is 4.12. The Morgan fingerprint density at radius 1 is 1.00 bits per heavy atom. The van der Waals surface area contributed by atoms with Crippen LogP contribution in [0.2, 0.25) is 5.15 Å². The molecule has 0 N–H and O–H groups in total. The fourth-order valence-electron chi connectivity index (χ4n) is 1.19. The van der Waals surface area contributed by atoms with E-state index in [1.165, 1.54) is 12.1 Å². The highest BCUT2D eigenvalue weighted by atomic mass is 35.5. The van der Waals surface area contributed by atoms with Gasteiger partial charge in [0.2, 0.25) is 0 Å². The summed E-state index contributed by atoms with van der Waals surface area (Å²) in [5.41, 5.74) is 1.60. The van der Waals surface area contributed by atoms with Crippen molar-refractivity contribution in [3.63, 3.8) is 0 Å². The molecule has 3 heteroatoms. The minimum absolute atomic E-state index is 0.254. The zero-order valence-corrected chi connectivity index (χ0v) is 8.00. The number of rotatable bonds is 1. The molecule has 14 heavy (non-hydrogen) atoms. The summed E-state index contributed by atoms with van der Waals surface area (Å²) in [5.74, 6) is -0.254. The van der Waals surface area contributed by atoms with Crippen molar-refractivity contribution in [3.8, 4) is 11.3 Å². The molecule has 0 bridgehead atoms. The Balaban J connectivity index is 2.44. The molecule has 0 unspecified atom stereocenters. The largest absolute Gasteiger partial charge is 0.236 e. The van der Waals surface area contributed by atoms with Crippen molar-refractivity contribution in [2.45, 2.75) is 0 Å². The van der Waals surface area contributed by atoms with Gasteiger partial charge in [0.1, 0.15) is 11.0 Å². The lowest BCUT2D eigenvalue weighted by Crippen LogP contribution is -1.83. The van der Waals surface area contributed by atoms with Crippen LogP contribution in [0.5, 0.6) is 0 Å². The first kappa shape index (κ1) is 9.16. The number of aromatic nitrogens is 1. The molecule has 0 saturated carbocycles. The van der Waals surface area contributed by atoms with Crippen LogP contribution in [-0.4, -0.2) is 4.98 Å². The molecular formula is C11H7ClFN. The summed E-state index contributed by atoms with van der Waals surface area (Å²) >= 11 is 5.74. The first-order chi connectivity index (χ1) is 6.75. The van der Waals surface area contributed by atoms with Gasteiger partial charge >= 0.3 is 0 Å². The molecule has 2 aromatic rings. The van der Waals surface area contributed by atoms with Crippen molar-refractivity contribution in [3.05, 3.63) is 53.4 Å². The van der Waals surface area contributed by atoms with Crippen LogP contribution < -0.4 is 0 Å². The second-order valence-corrected chi connectivity index (χ2v) is 3.24. The number of hydrogen-bond donors (Lipinski definition) is 0. The first-order valence-corrected chi connectivity index (χ1v) is 4.52. The normalized spacial score (nSPS) is 10.1. The SMILES string of the molecule is Fc1ccc(-c2cccc(Cl)n2)cc1. The van der Waals surface area contributed by atoms with Crippen LogP contribution in [0.4, 0.5) is 4.39 Å². The van der Waals surface area contributed by atoms with Crippen LogP contribution in [0, 0.1) is 5.82 Å². The third kappa shape index (κ3) is 1.91. The van der Waals surface area contributed by atoms with E-state index in [0.29, 0.717) is 5.15 Å². The number of halogens is 2. The van der Waals surface area contributed by atoms with E-state index in [1.54, 1.807) is 18.2 Å².